The molecular formula is C27H31F4NO4. The summed E-state index contributed by atoms with van der Waals surface area (Å²) in [6, 6.07) is 2.87. The summed E-state index contributed by atoms with van der Waals surface area (Å²) in [5.74, 6) is -1.49. The van der Waals surface area contributed by atoms with Crippen molar-refractivity contribution >= 4 is 0 Å². The van der Waals surface area contributed by atoms with Crippen LogP contribution in [0.2, 0.25) is 0 Å². The molecule has 1 aromatic carbocycles. The molecule has 1 aliphatic carbocycles. The van der Waals surface area contributed by atoms with E-state index in [0.29, 0.717) is 55.0 Å². The fourth-order valence-corrected chi connectivity index (χ4v) is 6.05. The Labute approximate surface area is 207 Å². The zero-order valence-electron chi connectivity index (χ0n) is 20.7. The zero-order chi connectivity index (χ0) is 26.2. The van der Waals surface area contributed by atoms with Crippen molar-refractivity contribution < 1.29 is 37.2 Å². The van der Waals surface area contributed by atoms with Gasteiger partial charge in [-0.3, -0.25) is 4.98 Å². The maximum Gasteiger partial charge on any atom is 0.419 e. The largest absolute Gasteiger partial charge is 0.419 e. The van der Waals surface area contributed by atoms with Crippen LogP contribution in [0.5, 0.6) is 0 Å². The van der Waals surface area contributed by atoms with Crippen LogP contribution in [-0.4, -0.2) is 28.4 Å². The second-order valence-corrected chi connectivity index (χ2v) is 11.2. The number of ether oxygens (including phenoxy) is 2. The summed E-state index contributed by atoms with van der Waals surface area (Å²) in [6.07, 6.45) is -6.28. The molecule has 5 rings (SSSR count). The topological polar surface area (TPSA) is 71.8 Å². The van der Waals surface area contributed by atoms with E-state index < -0.39 is 46.9 Å². The number of rotatable bonds is 2. The van der Waals surface area contributed by atoms with Crippen LogP contribution in [0.1, 0.15) is 110 Å². The predicted octanol–water partition coefficient (Wildman–Crippen LogP) is 5.98. The van der Waals surface area contributed by atoms with Crippen LogP contribution in [0.4, 0.5) is 17.6 Å². The Morgan fingerprint density at radius 2 is 1.75 bits per heavy atom. The van der Waals surface area contributed by atoms with Gasteiger partial charge in [-0.2, -0.15) is 13.2 Å². The van der Waals surface area contributed by atoms with Crippen molar-refractivity contribution in [1.82, 2.24) is 4.98 Å². The first kappa shape index (κ1) is 25.6. The summed E-state index contributed by atoms with van der Waals surface area (Å²) < 4.78 is 66.6. The van der Waals surface area contributed by atoms with Gasteiger partial charge < -0.3 is 19.7 Å². The molecule has 1 saturated heterocycles. The number of pyridine rings is 1. The molecule has 5 nitrogen and oxygen atoms in total. The van der Waals surface area contributed by atoms with Gasteiger partial charge in [0.1, 0.15) is 18.0 Å². The first-order valence-corrected chi connectivity index (χ1v) is 12.3. The van der Waals surface area contributed by atoms with E-state index in [1.54, 1.807) is 0 Å². The summed E-state index contributed by atoms with van der Waals surface area (Å²) in [6.45, 7) is 8.42. The van der Waals surface area contributed by atoms with Crippen molar-refractivity contribution in [1.29, 1.82) is 0 Å². The molecule has 1 aromatic heterocycles. The number of nitrogens with zero attached hydrogens (tertiary/aromatic N) is 1. The average Bonchev–Trinajstić information content (AvgIpc) is 3.10. The second-order valence-electron chi connectivity index (χ2n) is 11.2. The Hall–Kier alpha value is -2.07. The Balaban J connectivity index is 1.78. The van der Waals surface area contributed by atoms with E-state index in [1.165, 1.54) is 6.07 Å². The molecule has 3 heterocycles. The van der Waals surface area contributed by atoms with E-state index in [4.69, 9.17) is 14.5 Å². The van der Waals surface area contributed by atoms with Crippen molar-refractivity contribution in [2.75, 3.05) is 13.2 Å². The van der Waals surface area contributed by atoms with E-state index >= 15 is 0 Å². The highest BCUT2D eigenvalue weighted by atomic mass is 19.4. The van der Waals surface area contributed by atoms with Crippen molar-refractivity contribution in [3.63, 3.8) is 0 Å². The number of aliphatic hydroxyl groups excluding tert-OH is 2. The van der Waals surface area contributed by atoms with Gasteiger partial charge in [-0.05, 0) is 41.0 Å². The standard InChI is InChI=1S/C27H31F4NO4/c1-13(2)21-19-20(18-17(33)12-25(3,4)24(34)22(18)32-21)26(7-9-35-10-8-26)36-23(19)14-5-6-15(16(28)11-14)27(29,30)31/h5-6,11,13,17,23-24,33-34H,7-10,12H2,1-4H3/t17?,23-,24?/m1/s1. The third-order valence-electron chi connectivity index (χ3n) is 7.89. The molecule has 196 valence electrons. The Morgan fingerprint density at radius 3 is 2.33 bits per heavy atom. The molecule has 2 aromatic rings. The normalized spacial score (nSPS) is 26.8. The molecule has 2 unspecified atom stereocenters. The van der Waals surface area contributed by atoms with E-state index in [0.717, 1.165) is 17.7 Å². The van der Waals surface area contributed by atoms with Crippen LogP contribution in [-0.2, 0) is 21.3 Å². The number of halogens is 4. The quantitative estimate of drug-likeness (QED) is 0.487. The summed E-state index contributed by atoms with van der Waals surface area (Å²) >= 11 is 0. The first-order valence-electron chi connectivity index (χ1n) is 12.3. The molecule has 0 saturated carbocycles. The van der Waals surface area contributed by atoms with E-state index in [9.17, 15) is 27.8 Å². The lowest BCUT2D eigenvalue weighted by molar-refractivity contribution is -0.140. The van der Waals surface area contributed by atoms with Gasteiger partial charge in [-0.15, -0.1) is 0 Å². The van der Waals surface area contributed by atoms with E-state index in [1.807, 2.05) is 27.7 Å². The van der Waals surface area contributed by atoms with Gasteiger partial charge in [0.25, 0.3) is 0 Å². The maximum atomic E-state index is 14.7. The van der Waals surface area contributed by atoms with Crippen LogP contribution >= 0.6 is 0 Å². The molecule has 0 amide bonds. The molecule has 36 heavy (non-hydrogen) atoms. The lowest BCUT2D eigenvalue weighted by atomic mass is 9.68. The molecule has 3 atom stereocenters. The zero-order valence-corrected chi connectivity index (χ0v) is 20.7. The maximum absolute atomic E-state index is 14.7. The van der Waals surface area contributed by atoms with Gasteiger partial charge in [0.15, 0.2) is 0 Å². The molecule has 9 heteroatoms. The number of aromatic nitrogens is 1. The first-order chi connectivity index (χ1) is 16.8. The minimum atomic E-state index is -4.81. The SMILES string of the molecule is CC(C)c1nc2c(c3c1[C@@H](c1ccc(C(F)(F)F)c(F)c1)OC31CCOCC1)C(O)CC(C)(C)C2O. The third-order valence-corrected chi connectivity index (χ3v) is 7.89. The van der Waals surface area contributed by atoms with Gasteiger partial charge in [0.05, 0.1) is 23.0 Å². The Kier molecular flexibility index (Phi) is 6.02. The van der Waals surface area contributed by atoms with Crippen LogP contribution in [0, 0.1) is 11.2 Å². The van der Waals surface area contributed by atoms with Crippen LogP contribution in [0.25, 0.3) is 0 Å². The van der Waals surface area contributed by atoms with Crippen molar-refractivity contribution in [2.24, 2.45) is 5.41 Å². The molecule has 3 aliphatic rings. The summed E-state index contributed by atoms with van der Waals surface area (Å²) in [5.41, 5.74) is 0.353. The number of hydrogen-bond acceptors (Lipinski definition) is 5. The average molecular weight is 510 g/mol. The monoisotopic (exact) mass is 509 g/mol. The van der Waals surface area contributed by atoms with Crippen molar-refractivity contribution in [2.45, 2.75) is 83.0 Å². The highest BCUT2D eigenvalue weighted by Crippen LogP contribution is 2.59. The minimum Gasteiger partial charge on any atom is -0.388 e. The Morgan fingerprint density at radius 1 is 1.08 bits per heavy atom. The lowest BCUT2D eigenvalue weighted by Gasteiger charge is -2.42. The summed E-state index contributed by atoms with van der Waals surface area (Å²) in [5, 5.41) is 22.6. The molecule has 0 radical (unpaired) electrons. The molecule has 1 fully saturated rings. The smallest absolute Gasteiger partial charge is 0.388 e. The predicted molar refractivity (Wildman–Crippen MR) is 123 cm³/mol. The summed E-state index contributed by atoms with van der Waals surface area (Å²) in [7, 11) is 0. The number of hydrogen-bond donors (Lipinski definition) is 2. The molecule has 0 bridgehead atoms. The van der Waals surface area contributed by atoms with Gasteiger partial charge in [-0.25, -0.2) is 4.39 Å². The van der Waals surface area contributed by atoms with Crippen LogP contribution in [0.15, 0.2) is 18.2 Å². The van der Waals surface area contributed by atoms with Gasteiger partial charge in [0.2, 0.25) is 0 Å². The summed E-state index contributed by atoms with van der Waals surface area (Å²) in [4.78, 5) is 4.85. The minimum absolute atomic E-state index is 0.126. The number of fused-ring (bicyclic) bond motifs is 4. The molecular weight excluding hydrogens is 478 g/mol. The third kappa shape index (κ3) is 3.86. The number of benzene rings is 1. The van der Waals surface area contributed by atoms with Crippen molar-refractivity contribution in [3.05, 3.63) is 63.2 Å². The lowest BCUT2D eigenvalue weighted by Crippen LogP contribution is -2.38. The van der Waals surface area contributed by atoms with Gasteiger partial charge >= 0.3 is 6.18 Å². The molecule has 2 N–H and O–H groups in total. The van der Waals surface area contributed by atoms with Crippen LogP contribution in [0.3, 0.4) is 0 Å². The molecule has 2 aliphatic heterocycles. The van der Waals surface area contributed by atoms with E-state index in [2.05, 4.69) is 0 Å². The fraction of sp³-hybridized carbons (Fsp3) is 0.593. The van der Waals surface area contributed by atoms with Gasteiger partial charge in [-0.1, -0.05) is 33.8 Å². The van der Waals surface area contributed by atoms with Gasteiger partial charge in [0, 0.05) is 42.9 Å². The number of aliphatic hydroxyl groups is 2. The highest BCUT2D eigenvalue weighted by molar-refractivity contribution is 5.55. The second kappa shape index (κ2) is 8.48. The Bertz CT molecular complexity index is 1190. The van der Waals surface area contributed by atoms with Crippen LogP contribution < -0.4 is 0 Å². The van der Waals surface area contributed by atoms with E-state index in [-0.39, 0.29) is 11.5 Å². The fourth-order valence-electron chi connectivity index (χ4n) is 6.05. The molecule has 1 spiro atoms. The number of alkyl halides is 3. The van der Waals surface area contributed by atoms with Crippen molar-refractivity contribution in [3.8, 4) is 0 Å². The highest BCUT2D eigenvalue weighted by Gasteiger charge is 2.54.